The van der Waals surface area contributed by atoms with Gasteiger partial charge in [0.15, 0.2) is 0 Å². The van der Waals surface area contributed by atoms with Gasteiger partial charge in [0.25, 0.3) is 0 Å². The van der Waals surface area contributed by atoms with Gasteiger partial charge in [-0.25, -0.2) is 4.39 Å². The molecular weight excluding hydrogens is 145 g/mol. The lowest BCUT2D eigenvalue weighted by atomic mass is 10.2. The predicted octanol–water partition coefficient (Wildman–Crippen LogP) is 1.63. The second-order valence-corrected chi connectivity index (χ2v) is 2.23. The van der Waals surface area contributed by atoms with E-state index in [0.29, 0.717) is 18.3 Å². The zero-order valence-corrected chi connectivity index (χ0v) is 6.09. The van der Waals surface area contributed by atoms with Gasteiger partial charge in [0.05, 0.1) is 12.6 Å². The van der Waals surface area contributed by atoms with Crippen molar-refractivity contribution in [2.75, 3.05) is 6.54 Å². The minimum Gasteiger partial charge on any atom is -0.469 e. The first kappa shape index (κ1) is 8.01. The maximum absolute atomic E-state index is 12.0. The Morgan fingerprint density at radius 2 is 2.55 bits per heavy atom. The van der Waals surface area contributed by atoms with Gasteiger partial charge in [-0.2, -0.15) is 0 Å². The molecule has 2 nitrogen and oxygen atoms in total. The maximum Gasteiger partial charge on any atom is 0.107 e. The highest BCUT2D eigenvalue weighted by Crippen LogP contribution is 2.07. The predicted molar refractivity (Wildman–Crippen MR) is 40.7 cm³/mol. The van der Waals surface area contributed by atoms with Crippen LogP contribution in [0.3, 0.4) is 0 Å². The van der Waals surface area contributed by atoms with Gasteiger partial charge in [-0.3, -0.25) is 0 Å². The van der Waals surface area contributed by atoms with Crippen molar-refractivity contribution in [3.8, 4) is 0 Å². The molecule has 0 spiro atoms. The van der Waals surface area contributed by atoms with Crippen molar-refractivity contribution in [3.05, 3.63) is 36.1 Å². The molecule has 0 aliphatic carbocycles. The fourth-order valence-electron chi connectivity index (χ4n) is 0.792. The van der Waals surface area contributed by atoms with Crippen molar-refractivity contribution in [3.63, 3.8) is 0 Å². The molecular formula is C8H10FNO. The van der Waals surface area contributed by atoms with Crippen LogP contribution in [-0.4, -0.2) is 6.54 Å². The van der Waals surface area contributed by atoms with Crippen LogP contribution < -0.4 is 5.73 Å². The quantitative estimate of drug-likeness (QED) is 0.720. The van der Waals surface area contributed by atoms with Gasteiger partial charge < -0.3 is 10.2 Å². The minimum absolute atomic E-state index is 0.233. The molecule has 1 rings (SSSR count). The van der Waals surface area contributed by atoms with Crippen LogP contribution in [0.1, 0.15) is 5.76 Å². The third kappa shape index (κ3) is 2.20. The summed E-state index contributed by atoms with van der Waals surface area (Å²) in [4.78, 5) is 0. The number of halogens is 1. The third-order valence-corrected chi connectivity index (χ3v) is 1.40. The SMILES string of the molecule is NC/C(=C\F)Cc1ccco1. The van der Waals surface area contributed by atoms with E-state index in [1.54, 1.807) is 18.4 Å². The normalized spacial score (nSPS) is 12.0. The van der Waals surface area contributed by atoms with Crippen molar-refractivity contribution >= 4 is 0 Å². The van der Waals surface area contributed by atoms with Crippen LogP contribution in [0.2, 0.25) is 0 Å². The van der Waals surface area contributed by atoms with Gasteiger partial charge in [0.2, 0.25) is 0 Å². The molecule has 0 aromatic carbocycles. The van der Waals surface area contributed by atoms with Crippen LogP contribution in [0.25, 0.3) is 0 Å². The highest BCUT2D eigenvalue weighted by molar-refractivity contribution is 5.11. The molecule has 1 aromatic heterocycles. The third-order valence-electron chi connectivity index (χ3n) is 1.40. The van der Waals surface area contributed by atoms with E-state index in [2.05, 4.69) is 0 Å². The average Bonchev–Trinajstić information content (AvgIpc) is 2.52. The molecule has 11 heavy (non-hydrogen) atoms. The summed E-state index contributed by atoms with van der Waals surface area (Å²) in [5, 5.41) is 0. The Labute approximate surface area is 64.5 Å². The molecule has 0 atom stereocenters. The van der Waals surface area contributed by atoms with Crippen LogP contribution in [0, 0.1) is 0 Å². The van der Waals surface area contributed by atoms with E-state index in [4.69, 9.17) is 10.2 Å². The molecule has 0 fully saturated rings. The fraction of sp³-hybridized carbons (Fsp3) is 0.250. The molecule has 2 N–H and O–H groups in total. The lowest BCUT2D eigenvalue weighted by molar-refractivity contribution is 0.516. The van der Waals surface area contributed by atoms with Crippen molar-refractivity contribution in [1.29, 1.82) is 0 Å². The van der Waals surface area contributed by atoms with E-state index < -0.39 is 0 Å². The van der Waals surface area contributed by atoms with Crippen LogP contribution in [0.15, 0.2) is 34.7 Å². The summed E-state index contributed by atoms with van der Waals surface area (Å²) < 4.78 is 17.0. The summed E-state index contributed by atoms with van der Waals surface area (Å²) in [5.74, 6) is 0.736. The molecule has 0 saturated heterocycles. The van der Waals surface area contributed by atoms with E-state index in [0.717, 1.165) is 5.76 Å². The molecule has 0 amide bonds. The number of furan rings is 1. The van der Waals surface area contributed by atoms with E-state index in [1.165, 1.54) is 0 Å². The van der Waals surface area contributed by atoms with E-state index in [-0.39, 0.29) is 6.54 Å². The van der Waals surface area contributed by atoms with E-state index >= 15 is 0 Å². The summed E-state index contributed by atoms with van der Waals surface area (Å²) in [5.41, 5.74) is 5.79. The van der Waals surface area contributed by atoms with Crippen molar-refractivity contribution in [2.24, 2.45) is 5.73 Å². The number of nitrogens with two attached hydrogens (primary N) is 1. The Bertz CT molecular complexity index is 228. The zero-order chi connectivity index (χ0) is 8.10. The van der Waals surface area contributed by atoms with Gasteiger partial charge in [0, 0.05) is 13.0 Å². The highest BCUT2D eigenvalue weighted by atomic mass is 19.1. The van der Waals surface area contributed by atoms with Gasteiger partial charge in [-0.1, -0.05) is 0 Å². The van der Waals surface area contributed by atoms with Crippen molar-refractivity contribution < 1.29 is 8.81 Å². The Morgan fingerprint density at radius 3 is 3.00 bits per heavy atom. The Morgan fingerprint density at radius 1 is 1.73 bits per heavy atom. The molecule has 0 unspecified atom stereocenters. The second-order valence-electron chi connectivity index (χ2n) is 2.23. The Hall–Kier alpha value is -1.09. The molecule has 0 aliphatic heterocycles. The number of hydrogen-bond donors (Lipinski definition) is 1. The van der Waals surface area contributed by atoms with E-state index in [9.17, 15) is 4.39 Å². The van der Waals surface area contributed by atoms with Gasteiger partial charge in [-0.05, 0) is 17.7 Å². The summed E-state index contributed by atoms with van der Waals surface area (Å²) in [6.07, 6.45) is 2.55. The van der Waals surface area contributed by atoms with Gasteiger partial charge >= 0.3 is 0 Å². The van der Waals surface area contributed by atoms with Gasteiger partial charge in [0.1, 0.15) is 5.76 Å². The first-order valence-electron chi connectivity index (χ1n) is 3.37. The summed E-state index contributed by atoms with van der Waals surface area (Å²) in [7, 11) is 0. The average molecular weight is 155 g/mol. The molecule has 0 radical (unpaired) electrons. The molecule has 60 valence electrons. The lowest BCUT2D eigenvalue weighted by Crippen LogP contribution is -2.04. The zero-order valence-electron chi connectivity index (χ0n) is 6.09. The smallest absolute Gasteiger partial charge is 0.107 e. The Kier molecular flexibility index (Phi) is 2.86. The van der Waals surface area contributed by atoms with Crippen molar-refractivity contribution in [2.45, 2.75) is 6.42 Å². The molecule has 1 heterocycles. The number of rotatable bonds is 3. The molecule has 1 aromatic rings. The van der Waals surface area contributed by atoms with Crippen LogP contribution in [-0.2, 0) is 6.42 Å². The summed E-state index contributed by atoms with van der Waals surface area (Å²) in [6, 6.07) is 3.56. The first-order valence-corrected chi connectivity index (χ1v) is 3.37. The maximum atomic E-state index is 12.0. The van der Waals surface area contributed by atoms with Crippen LogP contribution >= 0.6 is 0 Å². The standard InChI is InChI=1S/C8H10FNO/c9-5-7(6-10)4-8-2-1-3-11-8/h1-3,5H,4,6,10H2/b7-5-. The molecule has 0 bridgehead atoms. The Balaban J connectivity index is 2.55. The topological polar surface area (TPSA) is 39.2 Å². The molecule has 0 saturated carbocycles. The summed E-state index contributed by atoms with van der Waals surface area (Å²) in [6.45, 7) is 0.233. The van der Waals surface area contributed by atoms with Crippen LogP contribution in [0.5, 0.6) is 0 Å². The van der Waals surface area contributed by atoms with E-state index in [1.807, 2.05) is 0 Å². The van der Waals surface area contributed by atoms with Crippen molar-refractivity contribution in [1.82, 2.24) is 0 Å². The highest BCUT2D eigenvalue weighted by Gasteiger charge is 1.99. The van der Waals surface area contributed by atoms with Crippen LogP contribution in [0.4, 0.5) is 4.39 Å². The molecule has 0 aliphatic rings. The first-order chi connectivity index (χ1) is 5.36. The monoisotopic (exact) mass is 155 g/mol. The summed E-state index contributed by atoms with van der Waals surface area (Å²) >= 11 is 0. The fourth-order valence-corrected chi connectivity index (χ4v) is 0.792. The second kappa shape index (κ2) is 3.93. The number of hydrogen-bond acceptors (Lipinski definition) is 2. The minimum atomic E-state index is 0.233. The molecule has 3 heteroatoms. The lowest BCUT2D eigenvalue weighted by Gasteiger charge is -1.97. The largest absolute Gasteiger partial charge is 0.469 e. The van der Waals surface area contributed by atoms with Gasteiger partial charge in [-0.15, -0.1) is 0 Å².